The fourth-order valence-corrected chi connectivity index (χ4v) is 0.923. The summed E-state index contributed by atoms with van der Waals surface area (Å²) in [7, 11) is 0. The van der Waals surface area contributed by atoms with Gasteiger partial charge in [-0.05, 0) is 19.0 Å². The van der Waals surface area contributed by atoms with Crippen molar-refractivity contribution in [3.63, 3.8) is 0 Å². The maximum atomic E-state index is 5.58. The van der Waals surface area contributed by atoms with E-state index in [-0.39, 0.29) is 6.04 Å². The van der Waals surface area contributed by atoms with Gasteiger partial charge in [0.1, 0.15) is 5.76 Å². The molecule has 1 rings (SSSR count). The first-order valence-electron chi connectivity index (χ1n) is 4.06. The van der Waals surface area contributed by atoms with E-state index in [1.165, 1.54) is 0 Å². The fraction of sp³-hybridized carbons (Fsp3) is 0.625. The second-order valence-corrected chi connectivity index (χ2v) is 2.75. The highest BCUT2D eigenvalue weighted by Gasteiger charge is 2.05. The molecule has 0 fully saturated rings. The molecule has 0 spiro atoms. The molecule has 0 aliphatic carbocycles. The minimum atomic E-state index is 0.0902. The minimum absolute atomic E-state index is 0.0902. The van der Waals surface area contributed by atoms with E-state index in [0.717, 1.165) is 5.76 Å². The molecule has 0 saturated heterocycles. The number of aromatic nitrogens is 1. The highest BCUT2D eigenvalue weighted by molar-refractivity contribution is 5.11. The first kappa shape index (κ1) is 9.06. The van der Waals surface area contributed by atoms with Crippen LogP contribution in [-0.4, -0.2) is 17.8 Å². The Kier molecular flexibility index (Phi) is 3.10. The van der Waals surface area contributed by atoms with E-state index in [9.17, 15) is 0 Å². The second kappa shape index (κ2) is 4.11. The molecule has 4 nitrogen and oxygen atoms in total. The van der Waals surface area contributed by atoms with Gasteiger partial charge in [0.15, 0.2) is 0 Å². The van der Waals surface area contributed by atoms with Crippen LogP contribution in [0.3, 0.4) is 0 Å². The third-order valence-corrected chi connectivity index (χ3v) is 1.35. The van der Waals surface area contributed by atoms with Gasteiger partial charge in [-0.2, -0.15) is 0 Å². The van der Waals surface area contributed by atoms with E-state index < -0.39 is 0 Å². The summed E-state index contributed by atoms with van der Waals surface area (Å²) in [5, 5.41) is 3.71. The summed E-state index contributed by atoms with van der Waals surface area (Å²) in [4.78, 5) is 0. The predicted octanol–water partition coefficient (Wildman–Crippen LogP) is 0.963. The maximum absolute atomic E-state index is 5.58. The zero-order valence-corrected chi connectivity index (χ0v) is 7.41. The molecule has 12 heavy (non-hydrogen) atoms. The molecule has 1 unspecified atom stereocenters. The third-order valence-electron chi connectivity index (χ3n) is 1.35. The van der Waals surface area contributed by atoms with Crippen molar-refractivity contribution in [2.45, 2.75) is 26.3 Å². The monoisotopic (exact) mass is 170 g/mol. The largest absolute Gasteiger partial charge is 0.476 e. The van der Waals surface area contributed by atoms with Crippen molar-refractivity contribution in [1.29, 1.82) is 0 Å². The maximum Gasteiger partial charge on any atom is 0.254 e. The van der Waals surface area contributed by atoms with Gasteiger partial charge in [0.2, 0.25) is 0 Å². The molecule has 0 radical (unpaired) electrons. The average Bonchev–Trinajstić information content (AvgIpc) is 2.36. The Balaban J connectivity index is 2.52. The van der Waals surface area contributed by atoms with Crippen LogP contribution < -0.4 is 10.5 Å². The normalized spacial score (nSPS) is 12.9. The molecule has 4 heteroatoms. The van der Waals surface area contributed by atoms with Crippen LogP contribution in [0, 0.1) is 0 Å². The average molecular weight is 170 g/mol. The molecule has 1 atom stereocenters. The summed E-state index contributed by atoms with van der Waals surface area (Å²) in [6, 6.07) is 1.86. The summed E-state index contributed by atoms with van der Waals surface area (Å²) in [6.45, 7) is 4.42. The zero-order chi connectivity index (χ0) is 8.97. The molecule has 2 N–H and O–H groups in total. The van der Waals surface area contributed by atoms with Crippen LogP contribution in [0.2, 0.25) is 0 Å². The summed E-state index contributed by atoms with van der Waals surface area (Å²) >= 11 is 0. The molecule has 1 heterocycles. The topological polar surface area (TPSA) is 61.3 Å². The van der Waals surface area contributed by atoms with Gasteiger partial charge < -0.3 is 15.0 Å². The van der Waals surface area contributed by atoms with Crippen molar-refractivity contribution >= 4 is 0 Å². The van der Waals surface area contributed by atoms with Gasteiger partial charge in [-0.25, -0.2) is 0 Å². The van der Waals surface area contributed by atoms with Crippen LogP contribution in [0.15, 0.2) is 10.6 Å². The third kappa shape index (κ3) is 2.54. The zero-order valence-electron chi connectivity index (χ0n) is 7.41. The lowest BCUT2D eigenvalue weighted by atomic mass is 10.2. The van der Waals surface area contributed by atoms with Crippen LogP contribution in [-0.2, 0) is 6.42 Å². The number of hydrogen-bond donors (Lipinski definition) is 1. The van der Waals surface area contributed by atoms with Gasteiger partial charge in [0.25, 0.3) is 5.88 Å². The van der Waals surface area contributed by atoms with Crippen LogP contribution in [0.1, 0.15) is 19.6 Å². The Bertz CT molecular complexity index is 233. The van der Waals surface area contributed by atoms with Crippen LogP contribution >= 0.6 is 0 Å². The van der Waals surface area contributed by atoms with Gasteiger partial charge in [-0.3, -0.25) is 0 Å². The van der Waals surface area contributed by atoms with E-state index in [4.69, 9.17) is 15.0 Å². The molecular weight excluding hydrogens is 156 g/mol. The number of nitrogens with zero attached hydrogens (tertiary/aromatic N) is 1. The van der Waals surface area contributed by atoms with Crippen molar-refractivity contribution in [1.82, 2.24) is 5.16 Å². The predicted molar refractivity (Wildman–Crippen MR) is 45.0 cm³/mol. The van der Waals surface area contributed by atoms with Gasteiger partial charge in [-0.15, -0.1) is 0 Å². The molecule has 0 aliphatic rings. The Labute approximate surface area is 71.7 Å². The molecule has 0 aromatic carbocycles. The standard InChI is InChI=1S/C8H14N2O2/c1-3-11-8-5-7(12-10-8)4-6(2)9/h5-6H,3-4,9H2,1-2H3. The van der Waals surface area contributed by atoms with Gasteiger partial charge in [0, 0.05) is 18.5 Å². The van der Waals surface area contributed by atoms with Gasteiger partial charge in [0.05, 0.1) is 6.61 Å². The summed E-state index contributed by atoms with van der Waals surface area (Å²) in [6.07, 6.45) is 0.695. The smallest absolute Gasteiger partial charge is 0.254 e. The SMILES string of the molecule is CCOc1cc(CC(C)N)on1. The van der Waals surface area contributed by atoms with E-state index in [1.807, 2.05) is 13.8 Å². The van der Waals surface area contributed by atoms with Gasteiger partial charge in [-0.1, -0.05) is 0 Å². The number of hydrogen-bond acceptors (Lipinski definition) is 4. The summed E-state index contributed by atoms with van der Waals surface area (Å²) in [5.74, 6) is 1.31. The Hall–Kier alpha value is -1.03. The second-order valence-electron chi connectivity index (χ2n) is 2.75. The van der Waals surface area contributed by atoms with Crippen molar-refractivity contribution in [2.75, 3.05) is 6.61 Å². The molecule has 0 aliphatic heterocycles. The first-order valence-corrected chi connectivity index (χ1v) is 4.06. The molecule has 0 amide bonds. The van der Waals surface area contributed by atoms with Crippen molar-refractivity contribution in [3.05, 3.63) is 11.8 Å². The molecule has 0 bridgehead atoms. The Morgan fingerprint density at radius 2 is 2.50 bits per heavy atom. The molecule has 68 valence electrons. The molecule has 1 aromatic rings. The Morgan fingerprint density at radius 1 is 1.75 bits per heavy atom. The number of ether oxygens (including phenoxy) is 1. The van der Waals surface area contributed by atoms with Crippen LogP contribution in [0.4, 0.5) is 0 Å². The van der Waals surface area contributed by atoms with Crippen LogP contribution in [0.5, 0.6) is 5.88 Å². The number of nitrogens with two attached hydrogens (primary N) is 1. The summed E-state index contributed by atoms with van der Waals surface area (Å²) < 4.78 is 10.1. The minimum Gasteiger partial charge on any atom is -0.476 e. The van der Waals surface area contributed by atoms with E-state index in [2.05, 4.69) is 5.16 Å². The molecule has 0 saturated carbocycles. The van der Waals surface area contributed by atoms with E-state index >= 15 is 0 Å². The first-order chi connectivity index (χ1) is 5.72. The lowest BCUT2D eigenvalue weighted by Crippen LogP contribution is -2.17. The lowest BCUT2D eigenvalue weighted by molar-refractivity contribution is 0.288. The summed E-state index contributed by atoms with van der Waals surface area (Å²) in [5.41, 5.74) is 5.58. The van der Waals surface area contributed by atoms with E-state index in [1.54, 1.807) is 6.07 Å². The van der Waals surface area contributed by atoms with Gasteiger partial charge >= 0.3 is 0 Å². The van der Waals surface area contributed by atoms with Crippen molar-refractivity contribution < 1.29 is 9.26 Å². The van der Waals surface area contributed by atoms with Crippen molar-refractivity contribution in [2.24, 2.45) is 5.73 Å². The number of rotatable bonds is 4. The highest BCUT2D eigenvalue weighted by Crippen LogP contribution is 2.12. The Morgan fingerprint density at radius 3 is 3.08 bits per heavy atom. The fourth-order valence-electron chi connectivity index (χ4n) is 0.923. The lowest BCUT2D eigenvalue weighted by Gasteiger charge is -1.97. The van der Waals surface area contributed by atoms with Crippen LogP contribution in [0.25, 0.3) is 0 Å². The highest BCUT2D eigenvalue weighted by atomic mass is 16.5. The van der Waals surface area contributed by atoms with Crippen molar-refractivity contribution in [3.8, 4) is 5.88 Å². The quantitative estimate of drug-likeness (QED) is 0.731. The molecular formula is C8H14N2O2. The molecule has 1 aromatic heterocycles. The van der Waals surface area contributed by atoms with E-state index in [0.29, 0.717) is 18.9 Å².